The molecule has 0 aliphatic rings. The lowest BCUT2D eigenvalue weighted by molar-refractivity contribution is -0.304. The second-order valence-corrected chi connectivity index (χ2v) is 5.73. The fourth-order valence-corrected chi connectivity index (χ4v) is 2.20. The number of amides is 1. The molecule has 3 N–H and O–H groups in total. The number of carboxylic acid groups (broad SMARTS) is 1. The van der Waals surface area contributed by atoms with Gasteiger partial charge in [-0.3, -0.25) is 4.79 Å². The normalized spacial score (nSPS) is 13.8. The Morgan fingerprint density at radius 1 is 0.774 bits per heavy atom. The first kappa shape index (κ1) is 26.2. The zero-order valence-electron chi connectivity index (χ0n) is 14.2. The van der Waals surface area contributed by atoms with Crippen LogP contribution in [0.4, 0.5) is 58.4 Å². The molecule has 0 aromatic heterocycles. The molecular formula is C14H8F12N2O3. The molecule has 1 rings (SSSR count). The Morgan fingerprint density at radius 3 is 1.55 bits per heavy atom. The fourth-order valence-electron chi connectivity index (χ4n) is 2.20. The Labute approximate surface area is 163 Å². The van der Waals surface area contributed by atoms with Gasteiger partial charge in [-0.2, -0.15) is 52.7 Å². The van der Waals surface area contributed by atoms with Crippen LogP contribution in [0, 0.1) is 5.92 Å². The highest BCUT2D eigenvalue weighted by atomic mass is 19.4. The molecule has 0 atom stereocenters. The number of alkyl halides is 12. The van der Waals surface area contributed by atoms with Crippen molar-refractivity contribution < 1.29 is 67.4 Å². The molecule has 0 fully saturated rings. The summed E-state index contributed by atoms with van der Waals surface area (Å²) in [6.45, 7) is 0. The predicted octanol–water partition coefficient (Wildman–Crippen LogP) is 4.47. The number of anilines is 1. The summed E-state index contributed by atoms with van der Waals surface area (Å²) in [5.41, 5.74) is -8.70. The number of benzene rings is 1. The molecule has 1 aromatic carbocycles. The van der Waals surface area contributed by atoms with Crippen LogP contribution >= 0.6 is 0 Å². The van der Waals surface area contributed by atoms with Crippen LogP contribution in [0.5, 0.6) is 0 Å². The Hall–Kier alpha value is -2.88. The molecular weight excluding hydrogens is 472 g/mol. The molecule has 31 heavy (non-hydrogen) atoms. The third-order valence-corrected chi connectivity index (χ3v) is 3.56. The Morgan fingerprint density at radius 2 is 1.19 bits per heavy atom. The standard InChI is InChI=1S/C14H8F12N2O3/c15-10(16,17)7(11(18,19)20)8(29)28-12(13(21,22)23,14(24,25)26)27-6-4-2-1-3-5(6)9(30)31/h1-4,7,27H,(H,28,29)(H,30,31). The molecule has 176 valence electrons. The lowest BCUT2D eigenvalue weighted by Crippen LogP contribution is -2.73. The van der Waals surface area contributed by atoms with Crippen molar-refractivity contribution in [3.8, 4) is 0 Å². The molecule has 0 unspecified atom stereocenters. The summed E-state index contributed by atoms with van der Waals surface area (Å²) in [7, 11) is 0. The second-order valence-electron chi connectivity index (χ2n) is 5.73. The Kier molecular flexibility index (Phi) is 6.74. The minimum absolute atomic E-state index is 0.295. The quantitative estimate of drug-likeness (QED) is 0.430. The van der Waals surface area contributed by atoms with Crippen LogP contribution in [0.2, 0.25) is 0 Å². The van der Waals surface area contributed by atoms with Gasteiger partial charge in [0.05, 0.1) is 11.3 Å². The number of halogens is 12. The van der Waals surface area contributed by atoms with Crippen LogP contribution in [0.25, 0.3) is 0 Å². The smallest absolute Gasteiger partial charge is 0.439 e. The van der Waals surface area contributed by atoms with Crippen LogP contribution < -0.4 is 10.6 Å². The van der Waals surface area contributed by atoms with Gasteiger partial charge in [-0.05, 0) is 12.1 Å². The monoisotopic (exact) mass is 480 g/mol. The highest BCUT2D eigenvalue weighted by Crippen LogP contribution is 2.46. The summed E-state index contributed by atoms with van der Waals surface area (Å²) in [6.07, 6.45) is -26.8. The summed E-state index contributed by atoms with van der Waals surface area (Å²) < 4.78 is 156. The molecule has 17 heteroatoms. The van der Waals surface area contributed by atoms with Gasteiger partial charge in [0.15, 0.2) is 0 Å². The minimum atomic E-state index is -6.80. The van der Waals surface area contributed by atoms with Crippen molar-refractivity contribution in [3.63, 3.8) is 0 Å². The summed E-state index contributed by atoms with van der Waals surface area (Å²) in [6, 6.07) is 2.35. The number of rotatable bonds is 5. The maximum Gasteiger partial charge on any atom is 0.439 e. The van der Waals surface area contributed by atoms with E-state index in [1.54, 1.807) is 0 Å². The van der Waals surface area contributed by atoms with Crippen molar-refractivity contribution >= 4 is 17.6 Å². The van der Waals surface area contributed by atoms with Gasteiger partial charge >= 0.3 is 36.3 Å². The average molecular weight is 480 g/mol. The lowest BCUT2D eigenvalue weighted by Gasteiger charge is -2.40. The molecule has 0 spiro atoms. The molecule has 1 aromatic rings. The average Bonchev–Trinajstić information content (AvgIpc) is 2.49. The number of hydrogen-bond acceptors (Lipinski definition) is 3. The topological polar surface area (TPSA) is 78.4 Å². The highest BCUT2D eigenvalue weighted by molar-refractivity contribution is 5.94. The molecule has 0 bridgehead atoms. The van der Waals surface area contributed by atoms with E-state index in [4.69, 9.17) is 5.11 Å². The maximum absolute atomic E-state index is 13.4. The molecule has 0 saturated carbocycles. The minimum Gasteiger partial charge on any atom is -0.478 e. The largest absolute Gasteiger partial charge is 0.478 e. The van der Waals surface area contributed by atoms with Gasteiger partial charge < -0.3 is 15.7 Å². The van der Waals surface area contributed by atoms with Gasteiger partial charge in [0.1, 0.15) is 0 Å². The molecule has 0 saturated heterocycles. The van der Waals surface area contributed by atoms with Crippen molar-refractivity contribution in [2.45, 2.75) is 30.4 Å². The lowest BCUT2D eigenvalue weighted by atomic mass is 10.0. The van der Waals surface area contributed by atoms with Crippen molar-refractivity contribution in [1.29, 1.82) is 0 Å². The molecule has 0 heterocycles. The predicted molar refractivity (Wildman–Crippen MR) is 75.6 cm³/mol. The van der Waals surface area contributed by atoms with E-state index < -0.39 is 59.4 Å². The van der Waals surface area contributed by atoms with Crippen LogP contribution in [-0.4, -0.2) is 47.4 Å². The van der Waals surface area contributed by atoms with E-state index in [1.807, 2.05) is 0 Å². The second kappa shape index (κ2) is 7.99. The number of carbonyl (C=O) groups excluding carboxylic acids is 1. The fraction of sp³-hybridized carbons (Fsp3) is 0.429. The van der Waals surface area contributed by atoms with Gasteiger partial charge in [-0.15, -0.1) is 0 Å². The maximum atomic E-state index is 13.4. The van der Waals surface area contributed by atoms with Crippen molar-refractivity contribution in [2.24, 2.45) is 5.92 Å². The van der Waals surface area contributed by atoms with Crippen LogP contribution in [0.1, 0.15) is 10.4 Å². The van der Waals surface area contributed by atoms with E-state index in [9.17, 15) is 62.3 Å². The van der Waals surface area contributed by atoms with E-state index in [0.717, 1.165) is 6.07 Å². The number of nitrogens with one attached hydrogen (secondary N) is 2. The van der Waals surface area contributed by atoms with E-state index >= 15 is 0 Å². The van der Waals surface area contributed by atoms with Crippen LogP contribution in [0.3, 0.4) is 0 Å². The van der Waals surface area contributed by atoms with Gasteiger partial charge in [-0.25, -0.2) is 4.79 Å². The summed E-state index contributed by atoms with van der Waals surface area (Å²) >= 11 is 0. The first-order chi connectivity index (χ1) is 13.6. The molecule has 1 amide bonds. The summed E-state index contributed by atoms with van der Waals surface area (Å²) in [5.74, 6) is -11.1. The van der Waals surface area contributed by atoms with E-state index in [1.165, 1.54) is 0 Å². The number of aromatic carboxylic acids is 1. The third kappa shape index (κ3) is 5.43. The highest BCUT2D eigenvalue weighted by Gasteiger charge is 2.74. The van der Waals surface area contributed by atoms with Crippen LogP contribution in [0.15, 0.2) is 24.3 Å². The number of carboxylic acids is 1. The zero-order valence-corrected chi connectivity index (χ0v) is 14.2. The van der Waals surface area contributed by atoms with Gasteiger partial charge in [-0.1, -0.05) is 12.1 Å². The van der Waals surface area contributed by atoms with Crippen molar-refractivity contribution in [2.75, 3.05) is 5.32 Å². The summed E-state index contributed by atoms with van der Waals surface area (Å²) in [5, 5.41) is 9.08. The van der Waals surface area contributed by atoms with Crippen molar-refractivity contribution in [1.82, 2.24) is 5.32 Å². The molecule has 0 aliphatic heterocycles. The Bertz CT molecular complexity index is 798. The summed E-state index contributed by atoms with van der Waals surface area (Å²) in [4.78, 5) is 22.5. The van der Waals surface area contributed by atoms with Gasteiger partial charge in [0, 0.05) is 0 Å². The number of carbonyl (C=O) groups is 2. The molecule has 0 radical (unpaired) electrons. The zero-order chi connectivity index (χ0) is 24.6. The van der Waals surface area contributed by atoms with Gasteiger partial charge in [0.25, 0.3) is 0 Å². The molecule has 0 aliphatic carbocycles. The van der Waals surface area contributed by atoms with Crippen molar-refractivity contribution in [3.05, 3.63) is 29.8 Å². The Balaban J connectivity index is 3.71. The number of hydrogen-bond donors (Lipinski definition) is 3. The first-order valence-corrected chi connectivity index (χ1v) is 7.34. The number of para-hydroxylation sites is 1. The van der Waals surface area contributed by atoms with Gasteiger partial charge in [0.2, 0.25) is 11.8 Å². The first-order valence-electron chi connectivity index (χ1n) is 7.34. The third-order valence-electron chi connectivity index (χ3n) is 3.56. The van der Waals surface area contributed by atoms with E-state index in [-0.39, 0.29) is 5.32 Å². The van der Waals surface area contributed by atoms with E-state index in [0.29, 0.717) is 23.5 Å². The SMILES string of the molecule is O=C(O)c1ccccc1NC(NC(=O)C(C(F)(F)F)C(F)(F)F)(C(F)(F)F)C(F)(F)F. The van der Waals surface area contributed by atoms with Crippen LogP contribution in [-0.2, 0) is 4.79 Å². The van der Waals surface area contributed by atoms with E-state index in [2.05, 4.69) is 0 Å². The molecule has 5 nitrogen and oxygen atoms in total.